The number of hydrogen-bond acceptors (Lipinski definition) is 0. The van der Waals surface area contributed by atoms with Crippen molar-refractivity contribution < 1.29 is 22.3 Å². The minimum atomic E-state index is -0.446. The molecule has 12 rings (SSSR count). The molecular formula is C72H62P4Ru. The van der Waals surface area contributed by atoms with Gasteiger partial charge < -0.3 is 2.85 Å². The largest absolute Gasteiger partial charge is 2.00 e. The Kier molecular flexibility index (Phi) is 22.8. The van der Waals surface area contributed by atoms with Crippen LogP contribution in [0.1, 0.15) is 2.85 Å². The smallest absolute Gasteiger partial charge is 1.00 e. The SMILES string of the molecule is [H-].[H-].[Ru+2].c1ccc(P(c2ccccc2)c2ccccc2)cc1.c1ccc(P(c2ccccc2)c2ccccc2)cc1.c1ccc(P(c2ccccc2)c2ccccc2)cc1.c1ccc(P(c2ccccc2)c2ccccc2)cc1. The van der Waals surface area contributed by atoms with E-state index in [1.807, 2.05) is 0 Å². The average molecular weight is 1150 g/mol. The molecule has 0 bridgehead atoms. The molecule has 0 N–H and O–H groups in total. The monoisotopic (exact) mass is 1150 g/mol. The predicted molar refractivity (Wildman–Crippen MR) is 343 cm³/mol. The summed E-state index contributed by atoms with van der Waals surface area (Å²) in [5.41, 5.74) is 0. The fourth-order valence-corrected chi connectivity index (χ4v) is 17.9. The van der Waals surface area contributed by atoms with E-state index in [0.29, 0.717) is 0 Å². The first-order chi connectivity index (χ1) is 37.8. The van der Waals surface area contributed by atoms with E-state index in [9.17, 15) is 0 Å². The van der Waals surface area contributed by atoms with E-state index in [2.05, 4.69) is 364 Å². The fourth-order valence-electron chi connectivity index (χ4n) is 8.71. The van der Waals surface area contributed by atoms with Gasteiger partial charge in [0, 0.05) is 0 Å². The number of rotatable bonds is 12. The predicted octanol–water partition coefficient (Wildman–Crippen LogP) is 14.0. The van der Waals surface area contributed by atoms with Crippen LogP contribution < -0.4 is 63.7 Å². The molecule has 0 heterocycles. The quantitative estimate of drug-likeness (QED) is 0.0845. The van der Waals surface area contributed by atoms with Crippen molar-refractivity contribution in [3.63, 3.8) is 0 Å². The van der Waals surface area contributed by atoms with Crippen LogP contribution in [0.25, 0.3) is 0 Å². The zero-order valence-electron chi connectivity index (χ0n) is 44.8. The Morgan fingerprint density at radius 3 is 0.247 bits per heavy atom. The normalized spacial score (nSPS) is 10.4. The Hall–Kier alpha value is -7.02. The molecule has 0 nitrogen and oxygen atoms in total. The Balaban J connectivity index is 0.000000168. The van der Waals surface area contributed by atoms with Crippen LogP contribution in [0.5, 0.6) is 0 Å². The summed E-state index contributed by atoms with van der Waals surface area (Å²) in [6.07, 6.45) is 0. The van der Waals surface area contributed by atoms with Gasteiger partial charge in [-0.1, -0.05) is 364 Å². The molecule has 12 aromatic carbocycles. The maximum atomic E-state index is 2.23. The first-order valence-corrected chi connectivity index (χ1v) is 31.0. The molecular weight excluding hydrogens is 1090 g/mol. The van der Waals surface area contributed by atoms with Crippen LogP contribution in [0.15, 0.2) is 364 Å². The summed E-state index contributed by atoms with van der Waals surface area (Å²) < 4.78 is 0. The molecule has 0 fully saturated rings. The van der Waals surface area contributed by atoms with Crippen molar-refractivity contribution >= 4 is 95.3 Å². The van der Waals surface area contributed by atoms with E-state index in [0.717, 1.165) is 0 Å². The minimum absolute atomic E-state index is 0. The third kappa shape index (κ3) is 16.5. The topological polar surface area (TPSA) is 0 Å². The number of benzene rings is 12. The van der Waals surface area contributed by atoms with Crippen LogP contribution in [0, 0.1) is 0 Å². The zero-order valence-corrected chi connectivity index (χ0v) is 48.1. The van der Waals surface area contributed by atoms with E-state index in [1.165, 1.54) is 63.7 Å². The van der Waals surface area contributed by atoms with E-state index in [1.54, 1.807) is 0 Å². The van der Waals surface area contributed by atoms with Crippen LogP contribution in [0.2, 0.25) is 0 Å². The molecule has 0 saturated heterocycles. The second-order valence-electron chi connectivity index (χ2n) is 17.4. The summed E-state index contributed by atoms with van der Waals surface area (Å²) in [7, 11) is -1.78. The molecule has 0 saturated carbocycles. The summed E-state index contributed by atoms with van der Waals surface area (Å²) in [4.78, 5) is 0. The molecule has 12 aromatic rings. The van der Waals surface area contributed by atoms with Gasteiger partial charge in [-0.3, -0.25) is 0 Å². The minimum Gasteiger partial charge on any atom is -1.00 e. The molecule has 378 valence electrons. The third-order valence-corrected chi connectivity index (χ3v) is 21.9. The van der Waals surface area contributed by atoms with Crippen molar-refractivity contribution in [2.75, 3.05) is 0 Å². The second-order valence-corrected chi connectivity index (χ2v) is 26.2. The van der Waals surface area contributed by atoms with Crippen LogP contribution in [-0.2, 0) is 19.5 Å². The van der Waals surface area contributed by atoms with Crippen molar-refractivity contribution in [1.82, 2.24) is 0 Å². The second kappa shape index (κ2) is 31.3. The Morgan fingerprint density at radius 2 is 0.182 bits per heavy atom. The number of hydrogen-bond donors (Lipinski definition) is 0. The molecule has 5 heteroatoms. The summed E-state index contributed by atoms with van der Waals surface area (Å²) in [5, 5.41) is 16.8. The molecule has 77 heavy (non-hydrogen) atoms. The van der Waals surface area contributed by atoms with Crippen LogP contribution in [0.4, 0.5) is 0 Å². The molecule has 0 aliphatic carbocycles. The molecule has 0 radical (unpaired) electrons. The Labute approximate surface area is 478 Å². The van der Waals surface area contributed by atoms with Gasteiger partial charge in [0.1, 0.15) is 0 Å². The van der Waals surface area contributed by atoms with Crippen LogP contribution in [0.3, 0.4) is 0 Å². The summed E-state index contributed by atoms with van der Waals surface area (Å²) in [6.45, 7) is 0. The van der Waals surface area contributed by atoms with E-state index in [4.69, 9.17) is 0 Å². The molecule has 0 atom stereocenters. The van der Waals surface area contributed by atoms with E-state index < -0.39 is 31.7 Å². The Morgan fingerprint density at radius 1 is 0.117 bits per heavy atom. The average Bonchev–Trinajstić information content (AvgIpc) is 3.51. The van der Waals surface area contributed by atoms with Crippen molar-refractivity contribution in [3.8, 4) is 0 Å². The van der Waals surface area contributed by atoms with Gasteiger partial charge in [-0.05, 0) is 95.3 Å². The Bertz CT molecular complexity index is 2590. The maximum absolute atomic E-state index is 2.23. The zero-order chi connectivity index (χ0) is 51.7. The first kappa shape index (κ1) is 56.2. The molecule has 0 aliphatic heterocycles. The van der Waals surface area contributed by atoms with E-state index >= 15 is 0 Å². The molecule has 0 unspecified atom stereocenters. The molecule has 0 amide bonds. The standard InChI is InChI=1S/4C18H15P.Ru.2H/c4*1-4-10-16(11-5-1)19(17-12-6-2-7-13-17)18-14-8-3-9-15-18;;;/h4*1-15H;;;/q;;;;+2;2*-1. The third-order valence-electron chi connectivity index (χ3n) is 12.2. The summed E-state index contributed by atoms with van der Waals surface area (Å²) in [6, 6.07) is 129. The maximum Gasteiger partial charge on any atom is 2.00 e. The van der Waals surface area contributed by atoms with Crippen molar-refractivity contribution in [3.05, 3.63) is 364 Å². The summed E-state index contributed by atoms with van der Waals surface area (Å²) in [5.74, 6) is 0. The molecule has 0 aromatic heterocycles. The first-order valence-electron chi connectivity index (χ1n) is 25.6. The van der Waals surface area contributed by atoms with Gasteiger partial charge in [-0.25, -0.2) is 0 Å². The molecule has 0 aliphatic rings. The van der Waals surface area contributed by atoms with Crippen molar-refractivity contribution in [1.29, 1.82) is 0 Å². The van der Waals surface area contributed by atoms with Crippen molar-refractivity contribution in [2.45, 2.75) is 0 Å². The molecule has 0 spiro atoms. The van der Waals surface area contributed by atoms with Crippen molar-refractivity contribution in [2.24, 2.45) is 0 Å². The van der Waals surface area contributed by atoms with Gasteiger partial charge in [0.15, 0.2) is 0 Å². The summed E-state index contributed by atoms with van der Waals surface area (Å²) >= 11 is 0. The van der Waals surface area contributed by atoms with Crippen LogP contribution >= 0.6 is 31.7 Å². The fraction of sp³-hybridized carbons (Fsp3) is 0. The van der Waals surface area contributed by atoms with Crippen LogP contribution in [-0.4, -0.2) is 0 Å². The van der Waals surface area contributed by atoms with Gasteiger partial charge in [0.25, 0.3) is 0 Å². The van der Waals surface area contributed by atoms with Gasteiger partial charge in [-0.2, -0.15) is 0 Å². The van der Waals surface area contributed by atoms with Gasteiger partial charge in [0.05, 0.1) is 0 Å². The van der Waals surface area contributed by atoms with Gasteiger partial charge >= 0.3 is 19.5 Å². The van der Waals surface area contributed by atoms with Gasteiger partial charge in [0.2, 0.25) is 0 Å². The van der Waals surface area contributed by atoms with E-state index in [-0.39, 0.29) is 22.3 Å². The van der Waals surface area contributed by atoms with Gasteiger partial charge in [-0.15, -0.1) is 0 Å².